The molecular weight excluding hydrogens is 418 g/mol. The summed E-state index contributed by atoms with van der Waals surface area (Å²) in [6.45, 7) is 0. The SMILES string of the molecule is Cn1cnc(CS(=O)(=O)CC(=O)c2ccc(-c3noc(C(F)(F)Cl)n3)cc2)c1. The molecule has 12 heteroatoms. The van der Waals surface area contributed by atoms with Crippen LogP contribution in [0.4, 0.5) is 8.78 Å². The van der Waals surface area contributed by atoms with Crippen LogP contribution >= 0.6 is 11.6 Å². The van der Waals surface area contributed by atoms with Gasteiger partial charge in [-0.3, -0.25) is 4.79 Å². The van der Waals surface area contributed by atoms with Crippen LogP contribution in [-0.4, -0.2) is 39.6 Å². The van der Waals surface area contributed by atoms with Crippen LogP contribution < -0.4 is 0 Å². The molecule has 28 heavy (non-hydrogen) atoms. The lowest BCUT2D eigenvalue weighted by Gasteiger charge is -2.03. The molecule has 0 saturated carbocycles. The number of ketones is 1. The Bertz CT molecular complexity index is 1100. The molecular formula is C16H13ClF2N4O4S. The number of carbonyl (C=O) groups is 1. The van der Waals surface area contributed by atoms with Gasteiger partial charge in [-0.25, -0.2) is 13.4 Å². The molecule has 0 radical (unpaired) electrons. The number of aryl methyl sites for hydroxylation is 1. The second-order valence-corrected chi connectivity index (χ2v) is 8.52. The summed E-state index contributed by atoms with van der Waals surface area (Å²) in [4.78, 5) is 19.7. The van der Waals surface area contributed by atoms with Crippen LogP contribution in [0.2, 0.25) is 0 Å². The van der Waals surface area contributed by atoms with E-state index < -0.39 is 32.6 Å². The number of carbonyl (C=O) groups excluding carboxylic acids is 1. The summed E-state index contributed by atoms with van der Waals surface area (Å²) in [6, 6.07) is 5.48. The third kappa shape index (κ3) is 4.78. The van der Waals surface area contributed by atoms with E-state index in [1.807, 2.05) is 0 Å². The molecule has 0 amide bonds. The van der Waals surface area contributed by atoms with Crippen LogP contribution in [0.1, 0.15) is 21.9 Å². The van der Waals surface area contributed by atoms with Crippen LogP contribution in [0.5, 0.6) is 0 Å². The molecule has 0 aliphatic heterocycles. The zero-order valence-electron chi connectivity index (χ0n) is 14.3. The Morgan fingerprint density at radius 2 is 1.96 bits per heavy atom. The number of alkyl halides is 3. The van der Waals surface area contributed by atoms with E-state index in [-0.39, 0.29) is 17.1 Å². The number of nitrogens with zero attached hydrogens (tertiary/aromatic N) is 4. The lowest BCUT2D eigenvalue weighted by atomic mass is 10.1. The molecule has 0 aliphatic rings. The largest absolute Gasteiger partial charge is 0.400 e. The topological polar surface area (TPSA) is 108 Å². The molecule has 0 bridgehead atoms. The van der Waals surface area contributed by atoms with Gasteiger partial charge in [0.15, 0.2) is 15.6 Å². The standard InChI is InChI=1S/C16H13ClF2N4O4S/c1-23-6-12(20-9-23)7-28(25,26)8-13(24)10-2-4-11(5-3-10)14-21-15(27-22-14)16(17,18)19/h2-6,9H,7-8H2,1H3. The van der Waals surface area contributed by atoms with E-state index in [1.165, 1.54) is 30.6 Å². The second kappa shape index (κ2) is 7.40. The number of hydrogen-bond donors (Lipinski definition) is 0. The minimum atomic E-state index is -3.79. The number of imidazole rings is 1. The molecule has 0 aliphatic carbocycles. The molecule has 3 rings (SSSR count). The van der Waals surface area contributed by atoms with Gasteiger partial charge < -0.3 is 9.09 Å². The molecule has 148 valence electrons. The Kier molecular flexibility index (Phi) is 5.31. The maximum Gasteiger partial charge on any atom is 0.400 e. The number of halogens is 3. The van der Waals surface area contributed by atoms with E-state index in [0.717, 1.165) is 0 Å². The third-order valence-electron chi connectivity index (χ3n) is 3.61. The third-order valence-corrected chi connectivity index (χ3v) is 5.21. The lowest BCUT2D eigenvalue weighted by Crippen LogP contribution is -2.18. The summed E-state index contributed by atoms with van der Waals surface area (Å²) in [6.07, 6.45) is 3.02. The number of Topliss-reactive ketones (excluding diaryl/α,β-unsaturated/α-hetero) is 1. The number of rotatable bonds is 7. The molecule has 2 heterocycles. The first-order valence-corrected chi connectivity index (χ1v) is 9.95. The van der Waals surface area contributed by atoms with Crippen molar-refractivity contribution in [3.63, 3.8) is 0 Å². The summed E-state index contributed by atoms with van der Waals surface area (Å²) in [5.41, 5.74) is 0.776. The van der Waals surface area contributed by atoms with Crippen molar-refractivity contribution in [2.75, 3.05) is 5.75 Å². The van der Waals surface area contributed by atoms with Crippen molar-refractivity contribution in [1.82, 2.24) is 19.7 Å². The van der Waals surface area contributed by atoms with E-state index in [2.05, 4.69) is 19.6 Å². The molecule has 3 aromatic rings. The molecule has 0 fully saturated rings. The monoisotopic (exact) mass is 430 g/mol. The Morgan fingerprint density at radius 1 is 1.29 bits per heavy atom. The first kappa shape index (κ1) is 20.1. The van der Waals surface area contributed by atoms with Crippen molar-refractivity contribution in [3.8, 4) is 11.4 Å². The fraction of sp³-hybridized carbons (Fsp3) is 0.250. The zero-order chi connectivity index (χ0) is 20.5. The fourth-order valence-corrected chi connectivity index (χ4v) is 3.71. The zero-order valence-corrected chi connectivity index (χ0v) is 15.9. The number of benzene rings is 1. The molecule has 0 atom stereocenters. The van der Waals surface area contributed by atoms with Gasteiger partial charge in [0.05, 0.1) is 17.8 Å². The van der Waals surface area contributed by atoms with Gasteiger partial charge in [0.25, 0.3) is 0 Å². The van der Waals surface area contributed by atoms with Gasteiger partial charge in [-0.05, 0) is 11.6 Å². The van der Waals surface area contributed by atoms with Crippen LogP contribution in [0.15, 0.2) is 41.3 Å². The Balaban J connectivity index is 1.70. The highest BCUT2D eigenvalue weighted by molar-refractivity contribution is 7.91. The van der Waals surface area contributed by atoms with Crippen LogP contribution in [0, 0.1) is 0 Å². The predicted molar refractivity (Wildman–Crippen MR) is 94.5 cm³/mol. The van der Waals surface area contributed by atoms with Crippen LogP contribution in [0.3, 0.4) is 0 Å². The summed E-state index contributed by atoms with van der Waals surface area (Å²) in [5.74, 6) is -2.84. The van der Waals surface area contributed by atoms with E-state index in [0.29, 0.717) is 11.3 Å². The quantitative estimate of drug-likeness (QED) is 0.418. The van der Waals surface area contributed by atoms with Gasteiger partial charge in [0.1, 0.15) is 5.75 Å². The van der Waals surface area contributed by atoms with Gasteiger partial charge in [-0.15, -0.1) is 0 Å². The van der Waals surface area contributed by atoms with Crippen molar-refractivity contribution in [2.24, 2.45) is 7.05 Å². The van der Waals surface area contributed by atoms with Crippen LogP contribution in [-0.2, 0) is 28.0 Å². The lowest BCUT2D eigenvalue weighted by molar-refractivity contribution is 0.0551. The maximum absolute atomic E-state index is 12.9. The molecule has 0 saturated heterocycles. The number of aromatic nitrogens is 4. The van der Waals surface area contributed by atoms with Gasteiger partial charge in [-0.1, -0.05) is 29.4 Å². The van der Waals surface area contributed by atoms with E-state index >= 15 is 0 Å². The maximum atomic E-state index is 12.9. The summed E-state index contributed by atoms with van der Waals surface area (Å²) >= 11 is 4.81. The van der Waals surface area contributed by atoms with E-state index in [1.54, 1.807) is 17.8 Å². The van der Waals surface area contributed by atoms with Gasteiger partial charge in [-0.2, -0.15) is 13.8 Å². The molecule has 0 unspecified atom stereocenters. The van der Waals surface area contributed by atoms with Crippen molar-refractivity contribution in [1.29, 1.82) is 0 Å². The molecule has 1 aromatic carbocycles. The molecule has 2 aromatic heterocycles. The van der Waals surface area contributed by atoms with Crippen molar-refractivity contribution >= 4 is 27.2 Å². The normalized spacial score (nSPS) is 12.3. The van der Waals surface area contributed by atoms with Crippen LogP contribution in [0.25, 0.3) is 11.4 Å². The average Bonchev–Trinajstić information content (AvgIpc) is 3.23. The Labute approximate surface area is 163 Å². The summed E-state index contributed by atoms with van der Waals surface area (Å²) < 4.78 is 56.2. The van der Waals surface area contributed by atoms with Gasteiger partial charge >= 0.3 is 11.3 Å². The van der Waals surface area contributed by atoms with Crippen molar-refractivity contribution in [2.45, 2.75) is 11.1 Å². The van der Waals surface area contributed by atoms with Gasteiger partial charge in [0, 0.05) is 24.4 Å². The average molecular weight is 431 g/mol. The van der Waals surface area contributed by atoms with Crippen molar-refractivity contribution < 1.29 is 26.5 Å². The van der Waals surface area contributed by atoms with E-state index in [9.17, 15) is 22.0 Å². The fourth-order valence-electron chi connectivity index (χ4n) is 2.36. The summed E-state index contributed by atoms with van der Waals surface area (Å²) in [5, 5.41) is -0.393. The smallest absolute Gasteiger partial charge is 0.340 e. The molecule has 0 N–H and O–H groups in total. The second-order valence-electron chi connectivity index (χ2n) is 5.98. The summed E-state index contributed by atoms with van der Waals surface area (Å²) in [7, 11) is -2.00. The highest BCUT2D eigenvalue weighted by atomic mass is 35.5. The number of sulfone groups is 1. The first-order chi connectivity index (χ1) is 13.0. The van der Waals surface area contributed by atoms with Crippen molar-refractivity contribution in [3.05, 3.63) is 53.9 Å². The highest BCUT2D eigenvalue weighted by Gasteiger charge is 2.35. The minimum absolute atomic E-state index is 0.139. The minimum Gasteiger partial charge on any atom is -0.340 e. The Hall–Kier alpha value is -2.66. The first-order valence-electron chi connectivity index (χ1n) is 7.75. The Morgan fingerprint density at radius 3 is 2.50 bits per heavy atom. The highest BCUT2D eigenvalue weighted by Crippen LogP contribution is 2.32. The number of hydrogen-bond acceptors (Lipinski definition) is 7. The van der Waals surface area contributed by atoms with Gasteiger partial charge in [0.2, 0.25) is 5.82 Å². The molecule has 8 nitrogen and oxygen atoms in total. The predicted octanol–water partition coefficient (Wildman–Crippen LogP) is 2.56. The van der Waals surface area contributed by atoms with E-state index in [4.69, 9.17) is 11.6 Å². The molecule has 0 spiro atoms.